The van der Waals surface area contributed by atoms with Crippen LogP contribution in [0.5, 0.6) is 5.75 Å². The van der Waals surface area contributed by atoms with Gasteiger partial charge in [-0.15, -0.1) is 24.8 Å². The van der Waals surface area contributed by atoms with Crippen molar-refractivity contribution in [1.29, 1.82) is 0 Å². The molecule has 1 atom stereocenters. The standard InChI is InChI=1S/C17H24F2N2O.2ClH/c18-17(19)22-15-8-4-3-7-14(15)16(13-5-1-2-6-13)21-11-9-20-10-12-21;;/h3-4,7-8,13,16-17,20H,1-2,5-6,9-12H2;2*1H/t16-;;/m1../s1. The summed E-state index contributed by atoms with van der Waals surface area (Å²) in [5, 5.41) is 3.37. The minimum absolute atomic E-state index is 0. The number of para-hydroxylation sites is 1. The van der Waals surface area contributed by atoms with E-state index in [9.17, 15) is 8.78 Å². The fourth-order valence-corrected chi connectivity index (χ4v) is 3.91. The van der Waals surface area contributed by atoms with Crippen molar-refractivity contribution in [2.75, 3.05) is 26.2 Å². The van der Waals surface area contributed by atoms with Crippen molar-refractivity contribution >= 4 is 24.8 Å². The van der Waals surface area contributed by atoms with Crippen molar-refractivity contribution in [3.8, 4) is 5.75 Å². The zero-order valence-corrected chi connectivity index (χ0v) is 15.3. The molecule has 0 aromatic heterocycles. The van der Waals surface area contributed by atoms with E-state index < -0.39 is 6.61 Å². The average molecular weight is 383 g/mol. The Morgan fingerprint density at radius 3 is 2.29 bits per heavy atom. The van der Waals surface area contributed by atoms with Crippen LogP contribution in [0.4, 0.5) is 8.78 Å². The number of piperazine rings is 1. The summed E-state index contributed by atoms with van der Waals surface area (Å²) < 4.78 is 30.3. The Morgan fingerprint density at radius 2 is 1.67 bits per heavy atom. The van der Waals surface area contributed by atoms with E-state index in [0.717, 1.165) is 31.7 Å². The van der Waals surface area contributed by atoms with E-state index in [1.165, 1.54) is 25.7 Å². The summed E-state index contributed by atoms with van der Waals surface area (Å²) in [5.41, 5.74) is 0.927. The molecule has 138 valence electrons. The van der Waals surface area contributed by atoms with Gasteiger partial charge in [0.15, 0.2) is 0 Å². The number of ether oxygens (including phenoxy) is 1. The molecule has 1 aromatic carbocycles. The molecule has 1 saturated carbocycles. The molecule has 0 spiro atoms. The molecule has 1 aliphatic heterocycles. The Hall–Kier alpha value is -0.620. The fraction of sp³-hybridized carbons (Fsp3) is 0.647. The van der Waals surface area contributed by atoms with Crippen LogP contribution in [0.15, 0.2) is 24.3 Å². The highest BCUT2D eigenvalue weighted by Gasteiger charge is 2.33. The first-order valence-corrected chi connectivity index (χ1v) is 8.24. The number of hydrogen-bond donors (Lipinski definition) is 1. The molecule has 0 amide bonds. The van der Waals surface area contributed by atoms with Crippen LogP contribution in [0.1, 0.15) is 37.3 Å². The second-order valence-corrected chi connectivity index (χ2v) is 6.19. The molecule has 24 heavy (non-hydrogen) atoms. The smallest absolute Gasteiger partial charge is 0.387 e. The molecule has 2 aliphatic rings. The molecule has 1 aliphatic carbocycles. The third-order valence-electron chi connectivity index (χ3n) is 4.85. The van der Waals surface area contributed by atoms with Gasteiger partial charge in [-0.1, -0.05) is 31.0 Å². The molecule has 1 saturated heterocycles. The first-order chi connectivity index (χ1) is 10.8. The number of hydrogen-bond acceptors (Lipinski definition) is 3. The van der Waals surface area contributed by atoms with Crippen molar-refractivity contribution in [1.82, 2.24) is 10.2 Å². The Kier molecular flexibility index (Phi) is 9.27. The van der Waals surface area contributed by atoms with E-state index in [-0.39, 0.29) is 30.9 Å². The zero-order chi connectivity index (χ0) is 15.4. The molecular formula is C17H26Cl2F2N2O. The highest BCUT2D eigenvalue weighted by atomic mass is 35.5. The van der Waals surface area contributed by atoms with Gasteiger partial charge in [-0.25, -0.2) is 0 Å². The molecule has 0 unspecified atom stereocenters. The quantitative estimate of drug-likeness (QED) is 0.822. The van der Waals surface area contributed by atoms with E-state index in [1.54, 1.807) is 12.1 Å². The van der Waals surface area contributed by atoms with Gasteiger partial charge < -0.3 is 10.1 Å². The summed E-state index contributed by atoms with van der Waals surface area (Å²) in [6, 6.07) is 7.52. The van der Waals surface area contributed by atoms with Crippen LogP contribution in [0.25, 0.3) is 0 Å². The normalized spacial score (nSPS) is 20.3. The molecule has 1 aromatic rings. The highest BCUT2D eigenvalue weighted by Crippen LogP contribution is 2.42. The maximum Gasteiger partial charge on any atom is 0.387 e. The van der Waals surface area contributed by atoms with Gasteiger partial charge in [0.1, 0.15) is 5.75 Å². The summed E-state index contributed by atoms with van der Waals surface area (Å²) in [6.45, 7) is 1.07. The van der Waals surface area contributed by atoms with Crippen LogP contribution in [0, 0.1) is 5.92 Å². The van der Waals surface area contributed by atoms with Gasteiger partial charge in [0, 0.05) is 37.8 Å². The first-order valence-electron chi connectivity index (χ1n) is 8.24. The van der Waals surface area contributed by atoms with Gasteiger partial charge in [0.2, 0.25) is 0 Å². The maximum absolute atomic E-state index is 12.7. The van der Waals surface area contributed by atoms with Crippen LogP contribution in [-0.4, -0.2) is 37.7 Å². The number of nitrogens with one attached hydrogen (secondary N) is 1. The van der Waals surface area contributed by atoms with Gasteiger partial charge >= 0.3 is 6.61 Å². The van der Waals surface area contributed by atoms with Gasteiger partial charge in [-0.2, -0.15) is 8.78 Å². The second-order valence-electron chi connectivity index (χ2n) is 6.19. The zero-order valence-electron chi connectivity index (χ0n) is 13.6. The molecule has 3 nitrogen and oxygen atoms in total. The minimum atomic E-state index is -2.77. The molecule has 7 heteroatoms. The summed E-state index contributed by atoms with van der Waals surface area (Å²) in [7, 11) is 0. The Labute approximate surface area is 154 Å². The third-order valence-corrected chi connectivity index (χ3v) is 4.85. The number of benzene rings is 1. The van der Waals surface area contributed by atoms with Crippen LogP contribution in [-0.2, 0) is 0 Å². The van der Waals surface area contributed by atoms with Crippen molar-refractivity contribution in [2.24, 2.45) is 5.92 Å². The number of alkyl halides is 2. The largest absolute Gasteiger partial charge is 0.434 e. The van der Waals surface area contributed by atoms with Gasteiger partial charge in [0.05, 0.1) is 0 Å². The van der Waals surface area contributed by atoms with Crippen molar-refractivity contribution < 1.29 is 13.5 Å². The van der Waals surface area contributed by atoms with Crippen molar-refractivity contribution in [2.45, 2.75) is 38.3 Å². The highest BCUT2D eigenvalue weighted by molar-refractivity contribution is 5.85. The lowest BCUT2D eigenvalue weighted by molar-refractivity contribution is -0.0516. The number of nitrogens with zero attached hydrogens (tertiary/aromatic N) is 1. The Morgan fingerprint density at radius 1 is 1.04 bits per heavy atom. The summed E-state index contributed by atoms with van der Waals surface area (Å²) in [6.07, 6.45) is 4.84. The third kappa shape index (κ3) is 5.19. The monoisotopic (exact) mass is 382 g/mol. The van der Waals surface area contributed by atoms with Crippen molar-refractivity contribution in [3.05, 3.63) is 29.8 Å². The SMILES string of the molecule is Cl.Cl.FC(F)Oc1ccccc1[C@@H](C1CCCC1)N1CCNCC1. The van der Waals surface area contributed by atoms with Crippen LogP contribution < -0.4 is 10.1 Å². The lowest BCUT2D eigenvalue weighted by atomic mass is 9.89. The molecule has 3 rings (SSSR count). The molecular weight excluding hydrogens is 357 g/mol. The number of halogens is 4. The molecule has 0 radical (unpaired) electrons. The van der Waals surface area contributed by atoms with Crippen LogP contribution in [0.2, 0.25) is 0 Å². The van der Waals surface area contributed by atoms with E-state index in [1.807, 2.05) is 12.1 Å². The summed E-state index contributed by atoms with van der Waals surface area (Å²) in [4.78, 5) is 2.44. The van der Waals surface area contributed by atoms with E-state index in [2.05, 4.69) is 10.2 Å². The van der Waals surface area contributed by atoms with Crippen LogP contribution >= 0.6 is 24.8 Å². The number of rotatable bonds is 5. The van der Waals surface area contributed by atoms with E-state index in [4.69, 9.17) is 4.74 Å². The van der Waals surface area contributed by atoms with Crippen LogP contribution in [0.3, 0.4) is 0 Å². The van der Waals surface area contributed by atoms with Gasteiger partial charge in [-0.3, -0.25) is 4.90 Å². The van der Waals surface area contributed by atoms with E-state index >= 15 is 0 Å². The summed E-state index contributed by atoms with van der Waals surface area (Å²) in [5.74, 6) is 0.883. The Balaban J connectivity index is 0.00000144. The molecule has 1 N–H and O–H groups in total. The van der Waals surface area contributed by atoms with Crippen molar-refractivity contribution in [3.63, 3.8) is 0 Å². The lowest BCUT2D eigenvalue weighted by Gasteiger charge is -2.39. The molecule has 0 bridgehead atoms. The fourth-order valence-electron chi connectivity index (χ4n) is 3.91. The average Bonchev–Trinajstić information content (AvgIpc) is 3.04. The topological polar surface area (TPSA) is 24.5 Å². The molecule has 1 heterocycles. The molecule has 2 fully saturated rings. The first kappa shape index (κ1) is 21.4. The predicted octanol–water partition coefficient (Wildman–Crippen LogP) is 4.27. The lowest BCUT2D eigenvalue weighted by Crippen LogP contribution is -2.46. The Bertz CT molecular complexity index is 481. The second kappa shape index (κ2) is 10.4. The van der Waals surface area contributed by atoms with E-state index in [0.29, 0.717) is 11.7 Å². The predicted molar refractivity (Wildman–Crippen MR) is 96.7 cm³/mol. The van der Waals surface area contributed by atoms with Gasteiger partial charge in [-0.05, 0) is 24.8 Å². The minimum Gasteiger partial charge on any atom is -0.434 e. The summed E-state index contributed by atoms with van der Waals surface area (Å²) >= 11 is 0. The maximum atomic E-state index is 12.7. The van der Waals surface area contributed by atoms with Gasteiger partial charge in [0.25, 0.3) is 0 Å².